The third-order valence-corrected chi connectivity index (χ3v) is 1.54. The van der Waals surface area contributed by atoms with Crippen LogP contribution in [0.1, 0.15) is 6.42 Å². The van der Waals surface area contributed by atoms with E-state index >= 15 is 0 Å². The lowest BCUT2D eigenvalue weighted by atomic mass is 10.4. The van der Waals surface area contributed by atoms with E-state index < -0.39 is 12.2 Å². The summed E-state index contributed by atoms with van der Waals surface area (Å²) in [5.74, 6) is -0.880. The van der Waals surface area contributed by atoms with E-state index in [4.69, 9.17) is 10.2 Å². The van der Waals surface area contributed by atoms with Crippen LogP contribution >= 0.6 is 0 Å². The maximum atomic E-state index is 9.27. The van der Waals surface area contributed by atoms with Gasteiger partial charge in [0.1, 0.15) is 6.23 Å². The molecule has 0 amide bonds. The van der Waals surface area contributed by atoms with Gasteiger partial charge in [-0.3, -0.25) is 0 Å². The Labute approximate surface area is 70.1 Å². The molecule has 0 spiro atoms. The van der Waals surface area contributed by atoms with Crippen LogP contribution < -0.4 is 11.0 Å². The van der Waals surface area contributed by atoms with Crippen molar-refractivity contribution < 1.29 is 15.3 Å². The van der Waals surface area contributed by atoms with Gasteiger partial charge in [-0.2, -0.15) is 10.5 Å². The highest BCUT2D eigenvalue weighted by molar-refractivity contribution is 4.86. The van der Waals surface area contributed by atoms with Crippen LogP contribution in [0.4, 0.5) is 0 Å². The minimum absolute atomic E-state index is 0.651. The zero-order chi connectivity index (χ0) is 8.97. The molecule has 0 aliphatic carbocycles. The topological polar surface area (TPSA) is 88.0 Å². The summed E-state index contributed by atoms with van der Waals surface area (Å²) in [6.45, 7) is 1.48. The summed E-state index contributed by atoms with van der Waals surface area (Å²) in [4.78, 5) is 0. The molecular formula is C6H13N3O3. The number of aliphatic hydroxyl groups excluding tert-OH is 2. The molecule has 1 unspecified atom stereocenters. The van der Waals surface area contributed by atoms with E-state index in [1.807, 2.05) is 0 Å². The van der Waals surface area contributed by atoms with Crippen molar-refractivity contribution in [1.82, 2.24) is 16.0 Å². The van der Waals surface area contributed by atoms with Crippen molar-refractivity contribution in [2.75, 3.05) is 13.1 Å². The molecule has 0 aromatic carbocycles. The van der Waals surface area contributed by atoms with Crippen LogP contribution in [0.25, 0.3) is 0 Å². The second-order valence-corrected chi connectivity index (χ2v) is 2.52. The predicted molar refractivity (Wildman–Crippen MR) is 41.8 cm³/mol. The van der Waals surface area contributed by atoms with E-state index in [-0.39, 0.29) is 0 Å². The van der Waals surface area contributed by atoms with Crippen molar-refractivity contribution in [2.45, 2.75) is 12.6 Å². The Morgan fingerprint density at radius 3 is 2.75 bits per heavy atom. The van der Waals surface area contributed by atoms with Gasteiger partial charge < -0.3 is 15.3 Å². The van der Waals surface area contributed by atoms with Crippen molar-refractivity contribution in [2.24, 2.45) is 0 Å². The molecule has 12 heavy (non-hydrogen) atoms. The number of rotatable bonds is 2. The minimum Gasteiger partial charge on any atom is -0.481 e. The molecule has 1 saturated heterocycles. The van der Waals surface area contributed by atoms with Gasteiger partial charge in [0.25, 0.3) is 5.95 Å². The highest BCUT2D eigenvalue weighted by Crippen LogP contribution is 1.99. The largest absolute Gasteiger partial charge is 0.481 e. The molecule has 6 heteroatoms. The fourth-order valence-electron chi connectivity index (χ4n) is 0.973. The molecule has 0 aromatic rings. The third-order valence-electron chi connectivity index (χ3n) is 1.54. The van der Waals surface area contributed by atoms with Gasteiger partial charge in [0.2, 0.25) is 0 Å². The lowest BCUT2D eigenvalue weighted by Crippen LogP contribution is -2.56. The third kappa shape index (κ3) is 2.67. The van der Waals surface area contributed by atoms with Gasteiger partial charge in [0.15, 0.2) is 0 Å². The number of nitrogens with one attached hydrogen (secondary N) is 2. The number of aliphatic hydroxyl groups is 3. The summed E-state index contributed by atoms with van der Waals surface area (Å²) in [5, 5.41) is 27.6. The Morgan fingerprint density at radius 2 is 2.25 bits per heavy atom. The van der Waals surface area contributed by atoms with E-state index in [9.17, 15) is 5.11 Å². The van der Waals surface area contributed by atoms with Crippen LogP contribution in [0.15, 0.2) is 12.0 Å². The van der Waals surface area contributed by atoms with Crippen LogP contribution in [0.3, 0.4) is 0 Å². The Hall–Kier alpha value is -0.820. The normalized spacial score (nSPS) is 21.8. The maximum absolute atomic E-state index is 9.27. The van der Waals surface area contributed by atoms with Gasteiger partial charge >= 0.3 is 0 Å². The summed E-state index contributed by atoms with van der Waals surface area (Å²) < 4.78 is 0. The predicted octanol–water partition coefficient (Wildman–Crippen LogP) is -1.02. The Morgan fingerprint density at radius 1 is 1.50 bits per heavy atom. The van der Waals surface area contributed by atoms with Crippen molar-refractivity contribution in [3.63, 3.8) is 0 Å². The molecule has 6 nitrogen and oxygen atoms in total. The van der Waals surface area contributed by atoms with Gasteiger partial charge in [0.05, 0.1) is 0 Å². The second-order valence-electron chi connectivity index (χ2n) is 2.52. The lowest BCUT2D eigenvalue weighted by molar-refractivity contribution is -0.0322. The molecule has 0 aromatic heterocycles. The Kier molecular flexibility index (Phi) is 3.30. The van der Waals surface area contributed by atoms with E-state index in [0.29, 0.717) is 6.54 Å². The molecule has 1 aliphatic heterocycles. The highest BCUT2D eigenvalue weighted by atomic mass is 16.5. The Balaban J connectivity index is 2.39. The van der Waals surface area contributed by atoms with E-state index in [2.05, 4.69) is 11.0 Å². The van der Waals surface area contributed by atoms with Crippen LogP contribution in [0, 0.1) is 0 Å². The Bertz CT molecular complexity index is 163. The van der Waals surface area contributed by atoms with Crippen LogP contribution in [0.5, 0.6) is 0 Å². The number of hydrogen-bond donors (Lipinski definition) is 5. The van der Waals surface area contributed by atoms with Crippen molar-refractivity contribution in [1.29, 1.82) is 0 Å². The van der Waals surface area contributed by atoms with Gasteiger partial charge in [-0.15, -0.1) is 0 Å². The lowest BCUT2D eigenvalue weighted by Gasteiger charge is -2.30. The molecule has 0 saturated carbocycles. The first-order valence-electron chi connectivity index (χ1n) is 3.73. The quantitative estimate of drug-likeness (QED) is 0.345. The molecule has 5 N–H and O–H groups in total. The van der Waals surface area contributed by atoms with Crippen LogP contribution in [0.2, 0.25) is 0 Å². The fraction of sp³-hybridized carbons (Fsp3) is 0.667. The summed E-state index contributed by atoms with van der Waals surface area (Å²) in [6.07, 6.45) is 0.798. The zero-order valence-corrected chi connectivity index (χ0v) is 6.56. The van der Waals surface area contributed by atoms with Crippen LogP contribution in [-0.4, -0.2) is 39.6 Å². The molecule has 70 valence electrons. The first kappa shape index (κ1) is 9.27. The summed E-state index contributed by atoms with van der Waals surface area (Å²) in [7, 11) is 0. The van der Waals surface area contributed by atoms with Crippen molar-refractivity contribution in [3.8, 4) is 0 Å². The smallest absolute Gasteiger partial charge is 0.273 e. The van der Waals surface area contributed by atoms with E-state index in [1.54, 1.807) is 0 Å². The molecule has 1 heterocycles. The second kappa shape index (κ2) is 4.27. The average molecular weight is 175 g/mol. The van der Waals surface area contributed by atoms with Gasteiger partial charge in [0, 0.05) is 19.2 Å². The summed E-state index contributed by atoms with van der Waals surface area (Å²) >= 11 is 0. The van der Waals surface area contributed by atoms with Gasteiger partial charge in [-0.05, 0) is 6.42 Å². The first-order chi connectivity index (χ1) is 5.70. The molecule has 1 rings (SSSR count). The van der Waals surface area contributed by atoms with E-state index in [1.165, 1.54) is 5.01 Å². The molecule has 1 fully saturated rings. The number of nitrogens with zero attached hydrogens (tertiary/aromatic N) is 1. The maximum Gasteiger partial charge on any atom is 0.273 e. The molecule has 1 aliphatic rings. The van der Waals surface area contributed by atoms with E-state index in [0.717, 1.165) is 19.0 Å². The van der Waals surface area contributed by atoms with Gasteiger partial charge in [-0.25, -0.2) is 5.43 Å². The summed E-state index contributed by atoms with van der Waals surface area (Å²) in [6, 6.07) is 0. The molecule has 1 atom stereocenters. The minimum atomic E-state index is -1.03. The zero-order valence-electron chi connectivity index (χ0n) is 6.56. The first-order valence-corrected chi connectivity index (χ1v) is 3.73. The average Bonchev–Trinajstić information content (AvgIpc) is 2.05. The molecular weight excluding hydrogens is 162 g/mol. The highest BCUT2D eigenvalue weighted by Gasteiger charge is 2.16. The molecule has 0 bridgehead atoms. The van der Waals surface area contributed by atoms with Crippen LogP contribution in [-0.2, 0) is 0 Å². The van der Waals surface area contributed by atoms with Crippen molar-refractivity contribution in [3.05, 3.63) is 12.0 Å². The monoisotopic (exact) mass is 175 g/mol. The SMILES string of the molecule is OC(O)=CC(O)N1CCCNN1. The summed E-state index contributed by atoms with van der Waals surface area (Å²) in [5.41, 5.74) is 5.50. The number of hydrazine groups is 2. The molecule has 0 radical (unpaired) electrons. The van der Waals surface area contributed by atoms with Gasteiger partial charge in [-0.1, -0.05) is 0 Å². The van der Waals surface area contributed by atoms with Crippen molar-refractivity contribution >= 4 is 0 Å². The fourth-order valence-corrected chi connectivity index (χ4v) is 0.973. The number of hydrogen-bond acceptors (Lipinski definition) is 6. The standard InChI is InChI=1S/C6H13N3O3/c10-5(4-6(11)12)9-3-1-2-7-8-9/h4-5,7-8,10-12H,1-3H2.